The summed E-state index contributed by atoms with van der Waals surface area (Å²) >= 11 is 0. The smallest absolute Gasteiger partial charge is 0.0991 e. The Morgan fingerprint density at radius 3 is 2.94 bits per heavy atom. The van der Waals surface area contributed by atoms with Crippen molar-refractivity contribution in [1.29, 1.82) is 5.26 Å². The topological polar surface area (TPSA) is 47.3 Å². The molecule has 1 N–H and O–H groups in total. The summed E-state index contributed by atoms with van der Waals surface area (Å²) < 4.78 is 0. The highest BCUT2D eigenvalue weighted by molar-refractivity contribution is 5.57. The van der Waals surface area contributed by atoms with Gasteiger partial charge in [-0.15, -0.1) is 0 Å². The average Bonchev–Trinajstić information content (AvgIpc) is 2.38. The van der Waals surface area contributed by atoms with Crippen molar-refractivity contribution < 1.29 is 5.11 Å². The first kappa shape index (κ1) is 11.9. The number of hydrogen-bond acceptors (Lipinski definition) is 3. The summed E-state index contributed by atoms with van der Waals surface area (Å²) in [6, 6.07) is 8.16. The number of nitriles is 1. The summed E-state index contributed by atoms with van der Waals surface area (Å²) in [6.07, 6.45) is 3.42. The minimum atomic E-state index is 0.208. The molecule has 1 aromatic rings. The molecule has 1 fully saturated rings. The molecule has 1 unspecified atom stereocenters. The molecular weight excluding hydrogens is 212 g/mol. The summed E-state index contributed by atoms with van der Waals surface area (Å²) in [5, 5.41) is 18.3. The average molecular weight is 230 g/mol. The van der Waals surface area contributed by atoms with Gasteiger partial charge >= 0.3 is 0 Å². The summed E-state index contributed by atoms with van der Waals surface area (Å²) in [4.78, 5) is 2.28. The Balaban J connectivity index is 2.29. The third kappa shape index (κ3) is 2.42. The van der Waals surface area contributed by atoms with Crippen LogP contribution in [-0.4, -0.2) is 24.3 Å². The van der Waals surface area contributed by atoms with Crippen LogP contribution in [0, 0.1) is 18.3 Å². The SMILES string of the molecule is Cc1cc(C#N)ccc1N1CCCCC1CO. The highest BCUT2D eigenvalue weighted by atomic mass is 16.3. The molecule has 1 aliphatic heterocycles. The van der Waals surface area contributed by atoms with E-state index in [4.69, 9.17) is 5.26 Å². The molecule has 0 aliphatic carbocycles. The quantitative estimate of drug-likeness (QED) is 0.847. The molecule has 0 bridgehead atoms. The van der Waals surface area contributed by atoms with Crippen LogP contribution in [0.1, 0.15) is 30.4 Å². The van der Waals surface area contributed by atoms with Crippen LogP contribution in [0.15, 0.2) is 18.2 Å². The molecule has 1 heterocycles. The molecule has 3 heteroatoms. The van der Waals surface area contributed by atoms with Gasteiger partial charge in [0.1, 0.15) is 0 Å². The van der Waals surface area contributed by atoms with Gasteiger partial charge in [0, 0.05) is 12.2 Å². The predicted octanol–water partition coefficient (Wildman–Crippen LogP) is 2.22. The van der Waals surface area contributed by atoms with E-state index >= 15 is 0 Å². The Labute approximate surface area is 102 Å². The van der Waals surface area contributed by atoms with E-state index in [1.54, 1.807) is 0 Å². The molecule has 1 saturated heterocycles. The zero-order valence-corrected chi connectivity index (χ0v) is 10.2. The van der Waals surface area contributed by atoms with E-state index in [9.17, 15) is 5.11 Å². The van der Waals surface area contributed by atoms with Gasteiger partial charge in [-0.2, -0.15) is 5.26 Å². The summed E-state index contributed by atoms with van der Waals surface area (Å²) in [5.74, 6) is 0. The van der Waals surface area contributed by atoms with Crippen molar-refractivity contribution >= 4 is 5.69 Å². The summed E-state index contributed by atoms with van der Waals surface area (Å²) in [6.45, 7) is 3.23. The van der Waals surface area contributed by atoms with Crippen molar-refractivity contribution in [3.05, 3.63) is 29.3 Å². The van der Waals surface area contributed by atoms with Crippen LogP contribution in [0.4, 0.5) is 5.69 Å². The monoisotopic (exact) mass is 230 g/mol. The van der Waals surface area contributed by atoms with E-state index in [-0.39, 0.29) is 12.6 Å². The second kappa shape index (κ2) is 5.20. The van der Waals surface area contributed by atoms with E-state index < -0.39 is 0 Å². The first-order valence-electron chi connectivity index (χ1n) is 6.14. The number of hydrogen-bond donors (Lipinski definition) is 1. The minimum Gasteiger partial charge on any atom is -0.394 e. The number of nitrogens with zero attached hydrogens (tertiary/aromatic N) is 2. The fourth-order valence-electron chi connectivity index (χ4n) is 2.55. The fourth-order valence-corrected chi connectivity index (χ4v) is 2.55. The summed E-state index contributed by atoms with van der Waals surface area (Å²) in [7, 11) is 0. The zero-order chi connectivity index (χ0) is 12.3. The number of anilines is 1. The molecule has 0 saturated carbocycles. The Morgan fingerprint density at radius 2 is 2.29 bits per heavy atom. The Hall–Kier alpha value is -1.53. The highest BCUT2D eigenvalue weighted by Crippen LogP contribution is 2.28. The van der Waals surface area contributed by atoms with E-state index in [0.717, 1.165) is 24.2 Å². The molecule has 0 amide bonds. The number of rotatable bonds is 2. The molecule has 0 radical (unpaired) electrons. The molecule has 90 valence electrons. The van der Waals surface area contributed by atoms with E-state index in [1.807, 2.05) is 25.1 Å². The largest absolute Gasteiger partial charge is 0.394 e. The Bertz CT molecular complexity index is 436. The molecular formula is C14H18N2O. The minimum absolute atomic E-state index is 0.208. The molecule has 17 heavy (non-hydrogen) atoms. The lowest BCUT2D eigenvalue weighted by molar-refractivity contribution is 0.240. The number of benzene rings is 1. The number of aliphatic hydroxyl groups is 1. The van der Waals surface area contributed by atoms with Crippen molar-refractivity contribution in [1.82, 2.24) is 0 Å². The second-order valence-corrected chi connectivity index (χ2v) is 4.64. The van der Waals surface area contributed by atoms with Crippen molar-refractivity contribution in [2.75, 3.05) is 18.1 Å². The predicted molar refractivity (Wildman–Crippen MR) is 68.0 cm³/mol. The first-order chi connectivity index (χ1) is 8.26. The molecule has 0 spiro atoms. The van der Waals surface area contributed by atoms with Gasteiger partial charge in [-0.1, -0.05) is 0 Å². The number of piperidine rings is 1. The normalized spacial score (nSPS) is 20.1. The van der Waals surface area contributed by atoms with Gasteiger partial charge in [0.05, 0.1) is 24.3 Å². The lowest BCUT2D eigenvalue weighted by Crippen LogP contribution is -2.42. The lowest BCUT2D eigenvalue weighted by Gasteiger charge is -2.37. The van der Waals surface area contributed by atoms with E-state index in [1.165, 1.54) is 12.8 Å². The maximum absolute atomic E-state index is 9.42. The number of aryl methyl sites for hydroxylation is 1. The van der Waals surface area contributed by atoms with E-state index in [2.05, 4.69) is 11.0 Å². The van der Waals surface area contributed by atoms with Gasteiger partial charge in [0.25, 0.3) is 0 Å². The molecule has 2 rings (SSSR count). The molecule has 1 aliphatic rings. The molecule has 1 aromatic carbocycles. The van der Waals surface area contributed by atoms with Gasteiger partial charge in [0.15, 0.2) is 0 Å². The van der Waals surface area contributed by atoms with Gasteiger partial charge < -0.3 is 10.0 Å². The van der Waals surface area contributed by atoms with Crippen molar-refractivity contribution in [2.45, 2.75) is 32.2 Å². The molecule has 3 nitrogen and oxygen atoms in total. The molecule has 1 atom stereocenters. The maximum atomic E-state index is 9.42. The maximum Gasteiger partial charge on any atom is 0.0991 e. The van der Waals surface area contributed by atoms with Gasteiger partial charge in [-0.25, -0.2) is 0 Å². The van der Waals surface area contributed by atoms with Gasteiger partial charge in [-0.3, -0.25) is 0 Å². The fraction of sp³-hybridized carbons (Fsp3) is 0.500. The van der Waals surface area contributed by atoms with Gasteiger partial charge in [-0.05, 0) is 49.9 Å². The summed E-state index contributed by atoms with van der Waals surface area (Å²) in [5.41, 5.74) is 2.97. The third-order valence-corrected chi connectivity index (χ3v) is 3.47. The lowest BCUT2D eigenvalue weighted by atomic mass is 10.00. The number of aliphatic hydroxyl groups excluding tert-OH is 1. The van der Waals surface area contributed by atoms with Crippen LogP contribution in [0.5, 0.6) is 0 Å². The highest BCUT2D eigenvalue weighted by Gasteiger charge is 2.22. The Morgan fingerprint density at radius 1 is 1.47 bits per heavy atom. The van der Waals surface area contributed by atoms with Crippen molar-refractivity contribution in [2.24, 2.45) is 0 Å². The molecule has 0 aromatic heterocycles. The third-order valence-electron chi connectivity index (χ3n) is 3.47. The van der Waals surface area contributed by atoms with Crippen LogP contribution < -0.4 is 4.90 Å². The first-order valence-corrected chi connectivity index (χ1v) is 6.14. The van der Waals surface area contributed by atoms with E-state index in [0.29, 0.717) is 5.56 Å². The van der Waals surface area contributed by atoms with Crippen LogP contribution in [0.25, 0.3) is 0 Å². The zero-order valence-electron chi connectivity index (χ0n) is 10.2. The van der Waals surface area contributed by atoms with Crippen molar-refractivity contribution in [3.8, 4) is 6.07 Å². The van der Waals surface area contributed by atoms with Crippen LogP contribution in [-0.2, 0) is 0 Å². The van der Waals surface area contributed by atoms with Crippen LogP contribution >= 0.6 is 0 Å². The van der Waals surface area contributed by atoms with Crippen LogP contribution in [0.2, 0.25) is 0 Å². The standard InChI is InChI=1S/C14H18N2O/c1-11-8-12(9-15)5-6-14(11)16-7-3-2-4-13(16)10-17/h5-6,8,13,17H,2-4,7,10H2,1H3. The van der Waals surface area contributed by atoms with Crippen molar-refractivity contribution in [3.63, 3.8) is 0 Å². The second-order valence-electron chi connectivity index (χ2n) is 4.64. The van der Waals surface area contributed by atoms with Crippen LogP contribution in [0.3, 0.4) is 0 Å². The Kier molecular flexibility index (Phi) is 3.65. The van der Waals surface area contributed by atoms with Gasteiger partial charge in [0.2, 0.25) is 0 Å².